The van der Waals surface area contributed by atoms with Crippen molar-refractivity contribution in [3.63, 3.8) is 0 Å². The molecular formula is C19H26N2O3S. The van der Waals surface area contributed by atoms with Crippen LogP contribution in [0.2, 0.25) is 0 Å². The van der Waals surface area contributed by atoms with Gasteiger partial charge in [-0.3, -0.25) is 0 Å². The van der Waals surface area contributed by atoms with Gasteiger partial charge in [0.25, 0.3) is 0 Å². The lowest BCUT2D eigenvalue weighted by atomic mass is 10.1. The number of sulfonamides is 1. The summed E-state index contributed by atoms with van der Waals surface area (Å²) < 4.78 is 27.0. The van der Waals surface area contributed by atoms with Crippen LogP contribution < -0.4 is 0 Å². The van der Waals surface area contributed by atoms with Gasteiger partial charge in [-0.1, -0.05) is 49.1 Å². The van der Waals surface area contributed by atoms with E-state index in [1.807, 2.05) is 49.3 Å². The molecule has 136 valence electrons. The summed E-state index contributed by atoms with van der Waals surface area (Å²) in [5.74, 6) is 0. The first-order valence-electron chi connectivity index (χ1n) is 8.26. The zero-order valence-corrected chi connectivity index (χ0v) is 15.6. The molecule has 6 heteroatoms. The highest BCUT2D eigenvalue weighted by molar-refractivity contribution is 7.93. The highest BCUT2D eigenvalue weighted by Crippen LogP contribution is 2.23. The van der Waals surface area contributed by atoms with Crippen molar-refractivity contribution < 1.29 is 13.5 Å². The minimum absolute atomic E-state index is 0.00203. The average Bonchev–Trinajstić information content (AvgIpc) is 3.11. The fourth-order valence-electron chi connectivity index (χ4n) is 2.83. The average molecular weight is 362 g/mol. The summed E-state index contributed by atoms with van der Waals surface area (Å²) in [5.41, 5.74) is 1.74. The molecule has 1 aromatic carbocycles. The summed E-state index contributed by atoms with van der Waals surface area (Å²) in [4.78, 5) is 2.03. The van der Waals surface area contributed by atoms with E-state index >= 15 is 0 Å². The lowest BCUT2D eigenvalue weighted by molar-refractivity contribution is 0.301. The molecule has 0 radical (unpaired) electrons. The Morgan fingerprint density at radius 3 is 2.52 bits per heavy atom. The molecule has 25 heavy (non-hydrogen) atoms. The molecule has 0 spiro atoms. The second-order valence-corrected chi connectivity index (χ2v) is 8.24. The molecule has 1 heterocycles. The zero-order chi connectivity index (χ0) is 18.4. The molecule has 2 rings (SSSR count). The van der Waals surface area contributed by atoms with Crippen LogP contribution in [0.15, 0.2) is 60.0 Å². The van der Waals surface area contributed by atoms with Gasteiger partial charge in [0.1, 0.15) is 0 Å². The SMILES string of the molecule is C=C/C(=C\C=C(/CO)S(=O)(=O)N1CCC(N(C)C)C1)c1ccccc1. The zero-order valence-electron chi connectivity index (χ0n) is 14.8. The third-order valence-electron chi connectivity index (χ3n) is 4.46. The van der Waals surface area contributed by atoms with E-state index in [4.69, 9.17) is 0 Å². The van der Waals surface area contributed by atoms with E-state index in [0.29, 0.717) is 13.1 Å². The molecule has 0 bridgehead atoms. The third-order valence-corrected chi connectivity index (χ3v) is 6.40. The van der Waals surface area contributed by atoms with Crippen molar-refractivity contribution in [3.8, 4) is 0 Å². The van der Waals surface area contributed by atoms with Gasteiger partial charge in [0, 0.05) is 19.1 Å². The van der Waals surface area contributed by atoms with Gasteiger partial charge in [-0.05, 0) is 37.7 Å². The second kappa shape index (κ2) is 8.58. The summed E-state index contributed by atoms with van der Waals surface area (Å²) in [6, 6.07) is 9.79. The molecule has 1 aliphatic rings. The highest BCUT2D eigenvalue weighted by Gasteiger charge is 2.34. The third kappa shape index (κ3) is 4.67. The summed E-state index contributed by atoms with van der Waals surface area (Å²) in [6.07, 6.45) is 5.63. The van der Waals surface area contributed by atoms with E-state index in [9.17, 15) is 13.5 Å². The van der Waals surface area contributed by atoms with Crippen LogP contribution in [0.1, 0.15) is 12.0 Å². The predicted molar refractivity (Wildman–Crippen MR) is 102 cm³/mol. The minimum atomic E-state index is -3.66. The van der Waals surface area contributed by atoms with Crippen LogP contribution in [0.3, 0.4) is 0 Å². The summed E-state index contributed by atoms with van der Waals surface area (Å²) >= 11 is 0. The van der Waals surface area contributed by atoms with Crippen LogP contribution in [-0.2, 0) is 10.0 Å². The van der Waals surface area contributed by atoms with Gasteiger partial charge < -0.3 is 10.0 Å². The number of aliphatic hydroxyl groups excluding tert-OH is 1. The molecule has 0 aromatic heterocycles. The number of hydrogen-bond acceptors (Lipinski definition) is 4. The number of hydrogen-bond donors (Lipinski definition) is 1. The maximum atomic E-state index is 12.8. The van der Waals surface area contributed by atoms with Gasteiger partial charge in [0.05, 0.1) is 11.5 Å². The Morgan fingerprint density at radius 2 is 2.00 bits per heavy atom. The van der Waals surface area contributed by atoms with Gasteiger partial charge in [-0.2, -0.15) is 4.31 Å². The van der Waals surface area contributed by atoms with Crippen molar-refractivity contribution in [1.82, 2.24) is 9.21 Å². The Bertz CT molecular complexity index is 752. The van der Waals surface area contributed by atoms with E-state index in [0.717, 1.165) is 17.6 Å². The van der Waals surface area contributed by atoms with Crippen molar-refractivity contribution in [1.29, 1.82) is 0 Å². The van der Waals surface area contributed by atoms with Gasteiger partial charge in [0.15, 0.2) is 0 Å². The molecule has 1 fully saturated rings. The molecule has 1 saturated heterocycles. The molecular weight excluding hydrogens is 336 g/mol. The van der Waals surface area contributed by atoms with Crippen molar-refractivity contribution in [2.24, 2.45) is 0 Å². The van der Waals surface area contributed by atoms with E-state index < -0.39 is 16.6 Å². The number of rotatable bonds is 7. The lowest BCUT2D eigenvalue weighted by Gasteiger charge is -2.20. The Labute approximate surface area is 150 Å². The smallest absolute Gasteiger partial charge is 0.241 e. The van der Waals surface area contributed by atoms with Crippen LogP contribution in [0, 0.1) is 0 Å². The lowest BCUT2D eigenvalue weighted by Crippen LogP contribution is -2.35. The molecule has 1 atom stereocenters. The fourth-order valence-corrected chi connectivity index (χ4v) is 4.28. The topological polar surface area (TPSA) is 60.9 Å². The minimum Gasteiger partial charge on any atom is -0.391 e. The summed E-state index contributed by atoms with van der Waals surface area (Å²) in [7, 11) is 0.229. The summed E-state index contributed by atoms with van der Waals surface area (Å²) in [6.45, 7) is 4.18. The van der Waals surface area contributed by atoms with E-state index in [-0.39, 0.29) is 10.9 Å². The van der Waals surface area contributed by atoms with Crippen molar-refractivity contribution in [3.05, 3.63) is 65.6 Å². The van der Waals surface area contributed by atoms with Gasteiger partial charge in [-0.25, -0.2) is 8.42 Å². The van der Waals surface area contributed by atoms with Crippen LogP contribution >= 0.6 is 0 Å². The largest absolute Gasteiger partial charge is 0.391 e. The van der Waals surface area contributed by atoms with Crippen LogP contribution in [0.4, 0.5) is 0 Å². The number of allylic oxidation sites excluding steroid dienone is 4. The molecule has 1 N–H and O–H groups in total. The highest BCUT2D eigenvalue weighted by atomic mass is 32.2. The van der Waals surface area contributed by atoms with Crippen molar-refractivity contribution in [2.75, 3.05) is 33.8 Å². The fraction of sp³-hybridized carbons (Fsp3) is 0.368. The number of aliphatic hydroxyl groups is 1. The Hall–Kier alpha value is -1.73. The summed E-state index contributed by atoms with van der Waals surface area (Å²) in [5, 5.41) is 9.61. The standard InChI is InChI=1S/C19H26N2O3S/c1-4-16(17-8-6-5-7-9-17)10-11-19(15-22)25(23,24)21-13-12-18(14-21)20(2)3/h4-11,18,22H,1,12-15H2,2-3H3/b16-10+,19-11+. The molecule has 0 saturated carbocycles. The number of nitrogens with zero attached hydrogens (tertiary/aromatic N) is 2. The van der Waals surface area contributed by atoms with Crippen molar-refractivity contribution >= 4 is 15.6 Å². The maximum absolute atomic E-state index is 12.8. The molecule has 0 amide bonds. The molecule has 1 unspecified atom stereocenters. The molecule has 5 nitrogen and oxygen atoms in total. The normalized spacial score (nSPS) is 20.2. The van der Waals surface area contributed by atoms with E-state index in [2.05, 4.69) is 6.58 Å². The van der Waals surface area contributed by atoms with Crippen molar-refractivity contribution in [2.45, 2.75) is 12.5 Å². The van der Waals surface area contributed by atoms with Gasteiger partial charge >= 0.3 is 0 Å². The first-order chi connectivity index (χ1) is 11.9. The molecule has 1 aliphatic heterocycles. The van der Waals surface area contributed by atoms with E-state index in [1.165, 1.54) is 10.4 Å². The monoisotopic (exact) mass is 362 g/mol. The van der Waals surface area contributed by atoms with Crippen LogP contribution in [0.5, 0.6) is 0 Å². The first-order valence-corrected chi connectivity index (χ1v) is 9.70. The van der Waals surface area contributed by atoms with Gasteiger partial charge in [0.2, 0.25) is 10.0 Å². The van der Waals surface area contributed by atoms with Gasteiger partial charge in [-0.15, -0.1) is 0 Å². The van der Waals surface area contributed by atoms with Crippen LogP contribution in [-0.4, -0.2) is 62.6 Å². The molecule has 0 aliphatic carbocycles. The van der Waals surface area contributed by atoms with Crippen LogP contribution in [0.25, 0.3) is 5.57 Å². The first kappa shape index (κ1) is 19.6. The Kier molecular flexibility index (Phi) is 6.72. The number of likely N-dealkylation sites (N-methyl/N-ethyl adjacent to an activating group) is 1. The second-order valence-electron chi connectivity index (χ2n) is 6.25. The maximum Gasteiger partial charge on any atom is 0.241 e. The Morgan fingerprint density at radius 1 is 1.32 bits per heavy atom. The number of benzene rings is 1. The Balaban J connectivity index is 2.27. The predicted octanol–water partition coefficient (Wildman–Crippen LogP) is 2.10. The molecule has 1 aromatic rings. The van der Waals surface area contributed by atoms with E-state index in [1.54, 1.807) is 12.2 Å². The quantitative estimate of drug-likeness (QED) is 0.755.